The van der Waals surface area contributed by atoms with Crippen molar-refractivity contribution in [3.05, 3.63) is 47.4 Å². The normalized spacial score (nSPS) is 19.8. The Bertz CT molecular complexity index is 1840. The molecule has 22 heteroatoms. The molecule has 11 N–H and O–H groups in total. The molecular formula is C48H81N5O17. The number of hydrogen-bond donors (Lipinski definition) is 11. The number of nitrogens with zero attached hydrogens (tertiary/aromatic N) is 3. The minimum absolute atomic E-state index is 0.0738. The van der Waals surface area contributed by atoms with Crippen LogP contribution in [-0.2, 0) is 44.6 Å². The van der Waals surface area contributed by atoms with E-state index in [1.165, 1.54) is 31.1 Å². The largest absolute Gasteiger partial charge is 0.506 e. The summed E-state index contributed by atoms with van der Waals surface area (Å²) in [7, 11) is 5.90. The zero-order chi connectivity index (χ0) is 53.3. The highest BCUT2D eigenvalue weighted by molar-refractivity contribution is 5.90. The van der Waals surface area contributed by atoms with E-state index in [4.69, 9.17) is 19.3 Å². The van der Waals surface area contributed by atoms with Crippen molar-refractivity contribution < 1.29 is 84.1 Å². The molecule has 13 atom stereocenters. The van der Waals surface area contributed by atoms with E-state index in [1.54, 1.807) is 70.8 Å². The standard InChI is InChI=1S/C48H81N5O17/c1-25(2)37(50-45(63)39(27(5)6)51(8)22-32(56)40(60)43(34(58)24-55)70-48(67)41(61)33(57)23-54)46(64)52(9)38(26(3)4)35(68-10)21-36(59)53-19-15-18-31(53)42(69-11)28(7)44(62)49-30(47(65)66)20-29-16-13-12-14-17-29/h12-14,16-17,25-28,30-32,34-35,37-40,42-43,48,54-58,60-61,67H,15,18-24H2,1-11H3,(H,49,62)(H,50,63)(H,65,66)/b41-33+. The first-order chi connectivity index (χ1) is 32.8. The predicted molar refractivity (Wildman–Crippen MR) is 255 cm³/mol. The molecule has 13 unspecified atom stereocenters. The van der Waals surface area contributed by atoms with Crippen LogP contribution >= 0.6 is 0 Å². The Morgan fingerprint density at radius 1 is 0.814 bits per heavy atom. The molecular weight excluding hydrogens is 919 g/mol. The van der Waals surface area contributed by atoms with Crippen LogP contribution in [0.2, 0.25) is 0 Å². The summed E-state index contributed by atoms with van der Waals surface area (Å²) in [4.78, 5) is 73.2. The summed E-state index contributed by atoms with van der Waals surface area (Å²) in [5, 5.41) is 96.1. The molecule has 400 valence electrons. The third-order valence-corrected chi connectivity index (χ3v) is 13.0. The first-order valence-corrected chi connectivity index (χ1v) is 23.7. The van der Waals surface area contributed by atoms with Crippen molar-refractivity contribution in [1.29, 1.82) is 0 Å². The SMILES string of the molecule is COC(CC(=O)N1CCCC1C(OC)C(C)C(=O)NC(Cc1ccccc1)C(=O)O)C(C(C)C)N(C)C(=O)C(NC(=O)C(C(C)C)N(C)CC(O)C(O)C(OC(O)/C(O)=C(\O)CO)C(O)CO)C(C)C. The smallest absolute Gasteiger partial charge is 0.326 e. The van der Waals surface area contributed by atoms with Gasteiger partial charge in [0.25, 0.3) is 0 Å². The third-order valence-electron chi connectivity index (χ3n) is 13.0. The summed E-state index contributed by atoms with van der Waals surface area (Å²) in [6.45, 7) is 10.1. The molecule has 1 fully saturated rings. The molecule has 0 saturated carbocycles. The lowest BCUT2D eigenvalue weighted by Crippen LogP contribution is -2.60. The van der Waals surface area contributed by atoms with Gasteiger partial charge in [0.2, 0.25) is 29.9 Å². The number of carboxylic acid groups (broad SMARTS) is 1. The maximum Gasteiger partial charge on any atom is 0.326 e. The summed E-state index contributed by atoms with van der Waals surface area (Å²) in [5.41, 5.74) is 0.736. The number of aliphatic carboxylic acids is 1. The molecule has 4 amide bonds. The molecule has 1 aromatic carbocycles. The van der Waals surface area contributed by atoms with Gasteiger partial charge in [-0.2, -0.15) is 0 Å². The van der Waals surface area contributed by atoms with Crippen molar-refractivity contribution >= 4 is 29.6 Å². The molecule has 1 aliphatic heterocycles. The van der Waals surface area contributed by atoms with Crippen molar-refractivity contribution in [2.24, 2.45) is 23.7 Å². The Morgan fingerprint density at radius 3 is 1.93 bits per heavy atom. The number of likely N-dealkylation sites (N-methyl/N-ethyl adjacent to an activating group) is 2. The molecule has 1 heterocycles. The van der Waals surface area contributed by atoms with Crippen LogP contribution in [0.25, 0.3) is 0 Å². The Kier molecular flexibility index (Phi) is 25.6. The summed E-state index contributed by atoms with van der Waals surface area (Å²) in [6, 6.07) is 4.39. The van der Waals surface area contributed by atoms with Gasteiger partial charge in [-0.3, -0.25) is 24.1 Å². The van der Waals surface area contributed by atoms with Crippen molar-refractivity contribution in [2.45, 2.75) is 147 Å². The maximum absolute atomic E-state index is 14.5. The first-order valence-electron chi connectivity index (χ1n) is 23.7. The van der Waals surface area contributed by atoms with E-state index in [0.717, 1.165) is 5.56 Å². The van der Waals surface area contributed by atoms with Crippen molar-refractivity contribution in [3.8, 4) is 0 Å². The highest BCUT2D eigenvalue weighted by Gasteiger charge is 2.44. The molecule has 0 spiro atoms. The average molecular weight is 1000 g/mol. The van der Waals surface area contributed by atoms with Crippen molar-refractivity contribution in [1.82, 2.24) is 25.3 Å². The Labute approximate surface area is 411 Å². The van der Waals surface area contributed by atoms with Gasteiger partial charge in [0.1, 0.15) is 37.0 Å². The Morgan fingerprint density at radius 2 is 1.43 bits per heavy atom. The topological polar surface area (TPSA) is 329 Å². The van der Waals surface area contributed by atoms with Crippen LogP contribution in [0.3, 0.4) is 0 Å². The highest BCUT2D eigenvalue weighted by Crippen LogP contribution is 2.29. The fourth-order valence-corrected chi connectivity index (χ4v) is 9.20. The van der Waals surface area contributed by atoms with E-state index in [1.807, 2.05) is 19.9 Å². The molecule has 0 aromatic heterocycles. The van der Waals surface area contributed by atoms with Gasteiger partial charge in [-0.25, -0.2) is 4.79 Å². The number of nitrogens with one attached hydrogen (secondary N) is 2. The van der Waals surface area contributed by atoms with Gasteiger partial charge in [-0.1, -0.05) is 78.8 Å². The molecule has 22 nitrogen and oxygen atoms in total. The van der Waals surface area contributed by atoms with Crippen molar-refractivity contribution in [2.75, 3.05) is 54.6 Å². The molecule has 0 bridgehead atoms. The average Bonchev–Trinajstić information content (AvgIpc) is 3.80. The van der Waals surface area contributed by atoms with Crippen molar-refractivity contribution in [3.63, 3.8) is 0 Å². The number of benzene rings is 1. The van der Waals surface area contributed by atoms with Gasteiger partial charge in [0.05, 0.1) is 55.4 Å². The number of aliphatic hydroxyl groups is 8. The van der Waals surface area contributed by atoms with E-state index in [-0.39, 0.29) is 24.7 Å². The fraction of sp³-hybridized carbons (Fsp3) is 0.729. The number of amides is 4. The lowest BCUT2D eigenvalue weighted by atomic mass is 9.91. The molecule has 1 saturated heterocycles. The number of aliphatic hydroxyl groups excluding tert-OH is 8. The van der Waals surface area contributed by atoms with E-state index in [0.29, 0.717) is 19.4 Å². The van der Waals surface area contributed by atoms with Crippen LogP contribution in [0.1, 0.15) is 73.3 Å². The summed E-state index contributed by atoms with van der Waals surface area (Å²) in [5.74, 6) is -7.45. The zero-order valence-corrected chi connectivity index (χ0v) is 42.4. The van der Waals surface area contributed by atoms with Crippen LogP contribution < -0.4 is 10.6 Å². The lowest BCUT2D eigenvalue weighted by molar-refractivity contribution is -0.211. The second kappa shape index (κ2) is 29.1. The number of carbonyl (C=O) groups is 5. The number of ether oxygens (including phenoxy) is 3. The molecule has 0 radical (unpaired) electrons. The quantitative estimate of drug-likeness (QED) is 0.0343. The number of hydrogen-bond acceptors (Lipinski definition) is 17. The van der Waals surface area contributed by atoms with E-state index in [9.17, 15) is 64.8 Å². The second-order valence-electron chi connectivity index (χ2n) is 19.1. The lowest BCUT2D eigenvalue weighted by Gasteiger charge is -2.40. The van der Waals surface area contributed by atoms with Crippen LogP contribution in [0.4, 0.5) is 0 Å². The second-order valence-corrected chi connectivity index (χ2v) is 19.1. The number of likely N-dealkylation sites (tertiary alicyclic amines) is 1. The minimum atomic E-state index is -2.39. The van der Waals surface area contributed by atoms with Gasteiger partial charge >= 0.3 is 5.97 Å². The fourth-order valence-electron chi connectivity index (χ4n) is 9.20. The molecule has 0 aliphatic carbocycles. The monoisotopic (exact) mass is 1000 g/mol. The van der Waals surface area contributed by atoms with Gasteiger partial charge in [-0.05, 0) is 43.2 Å². The Hall–Kier alpha value is -4.49. The van der Waals surface area contributed by atoms with Crippen LogP contribution in [0.5, 0.6) is 0 Å². The van der Waals surface area contributed by atoms with Gasteiger partial charge in [0, 0.05) is 40.8 Å². The van der Waals surface area contributed by atoms with Crippen LogP contribution in [0.15, 0.2) is 41.9 Å². The summed E-state index contributed by atoms with van der Waals surface area (Å²) in [6.07, 6.45) is -10.7. The first kappa shape index (κ1) is 61.6. The molecule has 2 rings (SSSR count). The molecule has 1 aromatic rings. The summed E-state index contributed by atoms with van der Waals surface area (Å²) < 4.78 is 16.9. The third kappa shape index (κ3) is 16.8. The van der Waals surface area contributed by atoms with Gasteiger partial charge in [-0.15, -0.1) is 0 Å². The molecule has 70 heavy (non-hydrogen) atoms. The number of carboxylic acids is 1. The number of rotatable bonds is 30. The zero-order valence-electron chi connectivity index (χ0n) is 42.4. The van der Waals surface area contributed by atoms with Crippen LogP contribution in [-0.4, -0.2) is 218 Å². The predicted octanol–water partition coefficient (Wildman–Crippen LogP) is -0.476. The minimum Gasteiger partial charge on any atom is -0.506 e. The highest BCUT2D eigenvalue weighted by atomic mass is 16.6. The van der Waals surface area contributed by atoms with Crippen LogP contribution in [0, 0.1) is 23.7 Å². The molecule has 1 aliphatic rings. The van der Waals surface area contributed by atoms with Gasteiger partial charge < -0.3 is 80.6 Å². The summed E-state index contributed by atoms with van der Waals surface area (Å²) >= 11 is 0. The van der Waals surface area contributed by atoms with E-state index >= 15 is 0 Å². The van der Waals surface area contributed by atoms with E-state index < -0.39 is 146 Å². The maximum atomic E-state index is 14.5. The van der Waals surface area contributed by atoms with Gasteiger partial charge in [0.15, 0.2) is 11.5 Å². The number of carbonyl (C=O) groups excluding carboxylic acids is 4. The Balaban J connectivity index is 2.27. The number of methoxy groups -OCH3 is 2. The van der Waals surface area contributed by atoms with E-state index in [2.05, 4.69) is 10.6 Å².